The van der Waals surface area contributed by atoms with Gasteiger partial charge in [0, 0.05) is 22.8 Å². The van der Waals surface area contributed by atoms with E-state index in [1.165, 1.54) is 0 Å². The molecule has 1 heterocycles. The van der Waals surface area contributed by atoms with Gasteiger partial charge in [0.25, 0.3) is 0 Å². The number of carbonyl (C=O) groups excluding carboxylic acids is 1. The summed E-state index contributed by atoms with van der Waals surface area (Å²) in [6, 6.07) is 5.61. The zero-order chi connectivity index (χ0) is 12.8. The summed E-state index contributed by atoms with van der Waals surface area (Å²) in [5, 5.41) is 18.3. The molecule has 0 fully saturated rings. The van der Waals surface area contributed by atoms with Crippen LogP contribution in [0.15, 0.2) is 23.3 Å². The summed E-state index contributed by atoms with van der Waals surface area (Å²) < 4.78 is 0. The molecule has 5 heteroatoms. The molecule has 1 aromatic rings. The summed E-state index contributed by atoms with van der Waals surface area (Å²) in [5.41, 5.74) is 3.35. The Morgan fingerprint density at radius 1 is 1.56 bits per heavy atom. The van der Waals surface area contributed by atoms with Gasteiger partial charge in [-0.1, -0.05) is 4.85 Å². The Bertz CT molecular complexity index is 592. The summed E-state index contributed by atoms with van der Waals surface area (Å²) in [4.78, 5) is 11.2. The van der Waals surface area contributed by atoms with E-state index in [2.05, 4.69) is 17.3 Å². The summed E-state index contributed by atoms with van der Waals surface area (Å²) in [6.45, 7) is 2.07. The maximum absolute atomic E-state index is 11.9. The smallest absolute Gasteiger partial charge is 0.235 e. The highest BCUT2D eigenvalue weighted by Gasteiger charge is 2.46. The van der Waals surface area contributed by atoms with E-state index in [1.807, 2.05) is 12.1 Å². The van der Waals surface area contributed by atoms with Gasteiger partial charge in [-0.05, 0) is 37.1 Å². The van der Waals surface area contributed by atoms with Gasteiger partial charge in [0.15, 0.2) is 0 Å². The number of hydrazone groups is 1. The molecule has 92 valence electrons. The predicted molar refractivity (Wildman–Crippen MR) is 68.8 cm³/mol. The predicted octanol–water partition coefficient (Wildman–Crippen LogP) is 1.51. The van der Waals surface area contributed by atoms with Crippen molar-refractivity contribution in [1.29, 1.82) is 0 Å². The van der Waals surface area contributed by atoms with Crippen LogP contribution >= 0.6 is 0 Å². The molecule has 18 heavy (non-hydrogen) atoms. The Labute approximate surface area is 104 Å². The molecule has 0 saturated carbocycles. The summed E-state index contributed by atoms with van der Waals surface area (Å²) in [6.07, 6.45) is 3.90. The molecule has 1 unspecified atom stereocenters. The van der Waals surface area contributed by atoms with E-state index in [9.17, 15) is 10.0 Å². The number of carbonyl (C=O) groups is 1. The van der Waals surface area contributed by atoms with Crippen molar-refractivity contribution >= 4 is 24.0 Å². The fraction of sp³-hybridized carbons (Fsp3) is 0.308. The average molecular weight is 243 g/mol. The first-order chi connectivity index (χ1) is 8.64. The summed E-state index contributed by atoms with van der Waals surface area (Å²) in [7, 11) is 0. The quantitative estimate of drug-likeness (QED) is 0.486. The maximum atomic E-state index is 11.9. The van der Waals surface area contributed by atoms with Crippen LogP contribution in [0.5, 0.6) is 0 Å². The van der Waals surface area contributed by atoms with Crippen LogP contribution in [0.4, 0.5) is 5.69 Å². The van der Waals surface area contributed by atoms with Gasteiger partial charge in [-0.15, -0.1) is 0 Å². The molecular formula is C13H13N3O2. The SMILES string of the molecule is CC12CC=N[N+]([O-])=C1c1ccc(NC=O)cc1C2. The molecule has 0 radical (unpaired) electrons. The van der Waals surface area contributed by atoms with Crippen LogP contribution in [0.25, 0.3) is 0 Å². The first-order valence-corrected chi connectivity index (χ1v) is 5.85. The number of rotatable bonds is 2. The number of amides is 1. The summed E-state index contributed by atoms with van der Waals surface area (Å²) in [5.74, 6) is 0. The number of nitrogens with one attached hydrogen (secondary N) is 1. The first-order valence-electron chi connectivity index (χ1n) is 5.85. The van der Waals surface area contributed by atoms with Crippen molar-refractivity contribution in [1.82, 2.24) is 0 Å². The molecule has 1 amide bonds. The lowest BCUT2D eigenvalue weighted by molar-refractivity contribution is -0.467. The number of anilines is 1. The third-order valence-corrected chi connectivity index (χ3v) is 3.66. The molecule has 5 nitrogen and oxygen atoms in total. The Balaban J connectivity index is 2.13. The van der Waals surface area contributed by atoms with Gasteiger partial charge in [-0.2, -0.15) is 0 Å². The molecule has 1 atom stereocenters. The van der Waals surface area contributed by atoms with Gasteiger partial charge in [0.05, 0.1) is 11.6 Å². The number of hydrogen-bond donors (Lipinski definition) is 1. The second-order valence-electron chi connectivity index (χ2n) is 5.00. The van der Waals surface area contributed by atoms with E-state index in [-0.39, 0.29) is 5.41 Å². The second-order valence-corrected chi connectivity index (χ2v) is 5.00. The Hall–Kier alpha value is -2.17. The lowest BCUT2D eigenvalue weighted by Crippen LogP contribution is -2.33. The Kier molecular flexibility index (Phi) is 2.23. The van der Waals surface area contributed by atoms with Gasteiger partial charge >= 0.3 is 0 Å². The zero-order valence-corrected chi connectivity index (χ0v) is 10.0. The molecule has 3 rings (SSSR count). The van der Waals surface area contributed by atoms with E-state index in [4.69, 9.17) is 0 Å². The van der Waals surface area contributed by atoms with Gasteiger partial charge < -0.3 is 10.5 Å². The fourth-order valence-electron chi connectivity index (χ4n) is 2.83. The van der Waals surface area contributed by atoms with Gasteiger partial charge in [-0.3, -0.25) is 4.79 Å². The van der Waals surface area contributed by atoms with E-state index >= 15 is 0 Å². The van der Waals surface area contributed by atoms with Gasteiger partial charge in [0.1, 0.15) is 0 Å². The van der Waals surface area contributed by atoms with Crippen molar-refractivity contribution in [2.24, 2.45) is 10.5 Å². The van der Waals surface area contributed by atoms with Crippen LogP contribution in [0.3, 0.4) is 0 Å². The monoisotopic (exact) mass is 243 g/mol. The van der Waals surface area contributed by atoms with E-state index in [1.54, 1.807) is 12.3 Å². The third kappa shape index (κ3) is 1.44. The van der Waals surface area contributed by atoms with Crippen molar-refractivity contribution in [2.75, 3.05) is 5.32 Å². The van der Waals surface area contributed by atoms with E-state index < -0.39 is 0 Å². The zero-order valence-electron chi connectivity index (χ0n) is 10.0. The minimum absolute atomic E-state index is 0.175. The minimum Gasteiger partial charge on any atom is -0.594 e. The maximum Gasteiger partial charge on any atom is 0.235 e. The molecule has 0 spiro atoms. The molecular weight excluding hydrogens is 230 g/mol. The summed E-state index contributed by atoms with van der Waals surface area (Å²) >= 11 is 0. The first kappa shape index (κ1) is 11.0. The average Bonchev–Trinajstić information content (AvgIpc) is 2.61. The normalized spacial score (nSPS) is 24.7. The van der Waals surface area contributed by atoms with E-state index in [0.29, 0.717) is 6.41 Å². The molecule has 0 saturated heterocycles. The fourth-order valence-corrected chi connectivity index (χ4v) is 2.83. The van der Waals surface area contributed by atoms with Crippen molar-refractivity contribution < 1.29 is 9.64 Å². The van der Waals surface area contributed by atoms with Crippen molar-refractivity contribution in [3.63, 3.8) is 0 Å². The van der Waals surface area contributed by atoms with Crippen molar-refractivity contribution in [3.8, 4) is 0 Å². The lowest BCUT2D eigenvalue weighted by Gasteiger charge is -2.22. The number of benzene rings is 1. The minimum atomic E-state index is -0.175. The van der Waals surface area contributed by atoms with Crippen LogP contribution in [0.2, 0.25) is 0 Å². The highest BCUT2D eigenvalue weighted by molar-refractivity contribution is 6.07. The highest BCUT2D eigenvalue weighted by Crippen LogP contribution is 2.41. The standard InChI is InChI=1S/C13H13N3O2/c1-13-4-5-15-16(18)12(13)11-3-2-10(14-8-17)6-9(11)7-13/h2-3,5-6,8H,4,7H2,1H3,(H,14,17). The largest absolute Gasteiger partial charge is 0.594 e. The van der Waals surface area contributed by atoms with Crippen molar-refractivity contribution in [3.05, 3.63) is 34.5 Å². The molecule has 1 aromatic carbocycles. The molecule has 1 N–H and O–H groups in total. The second kappa shape index (κ2) is 3.66. The molecule has 1 aliphatic carbocycles. The van der Waals surface area contributed by atoms with E-state index in [0.717, 1.165) is 40.2 Å². The number of hydrogen-bond acceptors (Lipinski definition) is 3. The Morgan fingerprint density at radius 2 is 2.39 bits per heavy atom. The van der Waals surface area contributed by atoms with Gasteiger partial charge in [-0.25, -0.2) is 0 Å². The van der Waals surface area contributed by atoms with Gasteiger partial charge in [0.2, 0.25) is 12.1 Å². The highest BCUT2D eigenvalue weighted by atomic mass is 16.5. The number of fused-ring (bicyclic) bond motifs is 3. The topological polar surface area (TPSA) is 67.5 Å². The van der Waals surface area contributed by atoms with Crippen LogP contribution < -0.4 is 5.32 Å². The van der Waals surface area contributed by atoms with Crippen LogP contribution in [0, 0.1) is 10.6 Å². The molecule has 0 aromatic heterocycles. The Morgan fingerprint density at radius 3 is 3.17 bits per heavy atom. The van der Waals surface area contributed by atoms with Crippen LogP contribution in [-0.4, -0.2) is 23.2 Å². The molecule has 1 aliphatic heterocycles. The van der Waals surface area contributed by atoms with Crippen LogP contribution in [0.1, 0.15) is 24.5 Å². The van der Waals surface area contributed by atoms with Crippen LogP contribution in [-0.2, 0) is 11.2 Å². The molecule has 0 bridgehead atoms. The lowest BCUT2D eigenvalue weighted by atomic mass is 9.82. The number of nitrogens with zero attached hydrogens (tertiary/aromatic N) is 2. The third-order valence-electron chi connectivity index (χ3n) is 3.66. The van der Waals surface area contributed by atoms with Crippen molar-refractivity contribution in [2.45, 2.75) is 19.8 Å². The molecule has 2 aliphatic rings.